The molecular formula is C17H22ClN5OS. The molecule has 1 N–H and O–H groups in total. The monoisotopic (exact) mass is 379 g/mol. The molecule has 3 heterocycles. The lowest BCUT2D eigenvalue weighted by atomic mass is 10.0. The molecule has 0 aliphatic carbocycles. The number of nitrogens with zero attached hydrogens (tertiary/aromatic N) is 4. The molecule has 8 heteroatoms. The first-order valence-electron chi connectivity index (χ1n) is 8.36. The van der Waals surface area contributed by atoms with E-state index in [4.69, 9.17) is 11.6 Å². The van der Waals surface area contributed by atoms with Crippen LogP contribution in [0.3, 0.4) is 0 Å². The lowest BCUT2D eigenvalue weighted by molar-refractivity contribution is -0.129. The van der Waals surface area contributed by atoms with Crippen molar-refractivity contribution >= 4 is 39.8 Å². The first-order valence-corrected chi connectivity index (χ1v) is 9.71. The highest BCUT2D eigenvalue weighted by molar-refractivity contribution is 7.15. The summed E-state index contributed by atoms with van der Waals surface area (Å²) in [6.07, 6.45) is 1.31. The number of halogens is 1. The second-order valence-corrected chi connectivity index (χ2v) is 7.86. The molecule has 0 aromatic carbocycles. The third-order valence-corrected chi connectivity index (χ3v) is 5.57. The van der Waals surface area contributed by atoms with Crippen molar-refractivity contribution in [3.8, 4) is 0 Å². The first-order chi connectivity index (χ1) is 12.0. The van der Waals surface area contributed by atoms with E-state index in [0.717, 1.165) is 41.1 Å². The zero-order valence-electron chi connectivity index (χ0n) is 14.7. The number of nitrogens with one attached hydrogen (secondary N) is 1. The van der Waals surface area contributed by atoms with Gasteiger partial charge in [-0.2, -0.15) is 0 Å². The average molecular weight is 380 g/mol. The van der Waals surface area contributed by atoms with Gasteiger partial charge in [-0.3, -0.25) is 4.79 Å². The molecule has 6 nitrogen and oxygen atoms in total. The van der Waals surface area contributed by atoms with Gasteiger partial charge in [0.2, 0.25) is 5.91 Å². The summed E-state index contributed by atoms with van der Waals surface area (Å²) >= 11 is 7.29. The minimum atomic E-state index is 0.121. The molecule has 3 rings (SSSR count). The maximum atomic E-state index is 12.0. The number of likely N-dealkylation sites (tertiary alicyclic amines) is 1. The van der Waals surface area contributed by atoms with Crippen LogP contribution in [0.5, 0.6) is 0 Å². The van der Waals surface area contributed by atoms with Gasteiger partial charge >= 0.3 is 0 Å². The van der Waals surface area contributed by atoms with Crippen LogP contribution in [-0.2, 0) is 4.79 Å². The Labute approximate surface area is 156 Å². The standard InChI is InChI=1S/C17H22ClN5OS/c1-10-11(2)25-17(19-10)22-15-8-14(20-12(3)21-15)13-5-7-23(9-13)16(24)4-6-18/h8,13H,4-7,9H2,1-3H3,(H,19,20,21,22). The van der Waals surface area contributed by atoms with Crippen LogP contribution in [0.25, 0.3) is 0 Å². The van der Waals surface area contributed by atoms with Crippen molar-refractivity contribution < 1.29 is 4.79 Å². The number of carbonyl (C=O) groups excluding carboxylic acids is 1. The van der Waals surface area contributed by atoms with E-state index in [2.05, 4.69) is 27.2 Å². The number of alkyl halides is 1. The highest BCUT2D eigenvalue weighted by Gasteiger charge is 2.28. The third-order valence-electron chi connectivity index (χ3n) is 4.39. The summed E-state index contributed by atoms with van der Waals surface area (Å²) in [6, 6.07) is 1.97. The van der Waals surface area contributed by atoms with Gasteiger partial charge in [-0.05, 0) is 27.2 Å². The summed E-state index contributed by atoms with van der Waals surface area (Å²) in [6.45, 7) is 7.40. The van der Waals surface area contributed by atoms with Crippen LogP contribution in [0.4, 0.5) is 10.9 Å². The summed E-state index contributed by atoms with van der Waals surface area (Å²) in [5, 5.41) is 4.12. The van der Waals surface area contributed by atoms with E-state index < -0.39 is 0 Å². The van der Waals surface area contributed by atoms with Gasteiger partial charge in [-0.15, -0.1) is 22.9 Å². The lowest BCUT2D eigenvalue weighted by Crippen LogP contribution is -2.28. The Hall–Kier alpha value is -1.73. The fraction of sp³-hybridized carbons (Fsp3) is 0.529. The van der Waals surface area contributed by atoms with Crippen molar-refractivity contribution in [2.75, 3.05) is 24.3 Å². The SMILES string of the molecule is Cc1nc(Nc2nc(C)c(C)s2)cc(C2CCN(C(=O)CCCl)C2)n1. The Bertz CT molecular complexity index is 759. The summed E-state index contributed by atoms with van der Waals surface area (Å²) in [4.78, 5) is 28.7. The first kappa shape index (κ1) is 18.1. The Morgan fingerprint density at radius 2 is 2.16 bits per heavy atom. The second-order valence-electron chi connectivity index (χ2n) is 6.28. The average Bonchev–Trinajstić information content (AvgIpc) is 3.15. The molecular weight excluding hydrogens is 358 g/mol. The van der Waals surface area contributed by atoms with Gasteiger partial charge in [0, 0.05) is 42.3 Å². The van der Waals surface area contributed by atoms with Crippen molar-refractivity contribution in [3.63, 3.8) is 0 Å². The zero-order chi connectivity index (χ0) is 18.0. The molecule has 2 aromatic heterocycles. The Morgan fingerprint density at radius 1 is 1.36 bits per heavy atom. The number of rotatable bonds is 5. The molecule has 1 amide bonds. The van der Waals surface area contributed by atoms with E-state index >= 15 is 0 Å². The topological polar surface area (TPSA) is 71.0 Å². The van der Waals surface area contributed by atoms with Crippen LogP contribution in [0.2, 0.25) is 0 Å². The third kappa shape index (κ3) is 4.27. The van der Waals surface area contributed by atoms with E-state index in [9.17, 15) is 4.79 Å². The minimum Gasteiger partial charge on any atom is -0.342 e. The van der Waals surface area contributed by atoms with Crippen molar-refractivity contribution in [2.24, 2.45) is 0 Å². The molecule has 0 radical (unpaired) electrons. The van der Waals surface area contributed by atoms with E-state index in [0.29, 0.717) is 18.8 Å². The summed E-state index contributed by atoms with van der Waals surface area (Å²) in [7, 11) is 0. The van der Waals surface area contributed by atoms with Crippen molar-refractivity contribution in [3.05, 3.63) is 28.2 Å². The van der Waals surface area contributed by atoms with Gasteiger partial charge < -0.3 is 10.2 Å². The van der Waals surface area contributed by atoms with Gasteiger partial charge in [0.25, 0.3) is 0 Å². The number of hydrogen-bond donors (Lipinski definition) is 1. The number of hydrogen-bond acceptors (Lipinski definition) is 6. The smallest absolute Gasteiger partial charge is 0.223 e. The van der Waals surface area contributed by atoms with Gasteiger partial charge in [0.15, 0.2) is 5.13 Å². The van der Waals surface area contributed by atoms with Crippen LogP contribution < -0.4 is 5.32 Å². The highest BCUT2D eigenvalue weighted by Crippen LogP contribution is 2.29. The normalized spacial score (nSPS) is 17.1. The number of amides is 1. The predicted molar refractivity (Wildman–Crippen MR) is 101 cm³/mol. The molecule has 2 aromatic rings. The number of anilines is 2. The number of aromatic nitrogens is 3. The van der Waals surface area contributed by atoms with Gasteiger partial charge in [-0.1, -0.05) is 0 Å². The molecule has 0 bridgehead atoms. The molecule has 1 saturated heterocycles. The van der Waals surface area contributed by atoms with Crippen molar-refractivity contribution in [1.29, 1.82) is 0 Å². The Morgan fingerprint density at radius 3 is 2.84 bits per heavy atom. The predicted octanol–water partition coefficient (Wildman–Crippen LogP) is 3.55. The molecule has 25 heavy (non-hydrogen) atoms. The van der Waals surface area contributed by atoms with E-state index in [1.54, 1.807) is 11.3 Å². The molecule has 0 saturated carbocycles. The Kier molecular flexibility index (Phi) is 5.54. The molecule has 1 aliphatic rings. The summed E-state index contributed by atoms with van der Waals surface area (Å²) in [5.74, 6) is 2.20. The van der Waals surface area contributed by atoms with Crippen LogP contribution in [0.1, 0.15) is 40.8 Å². The maximum Gasteiger partial charge on any atom is 0.223 e. The zero-order valence-corrected chi connectivity index (χ0v) is 16.2. The molecule has 1 unspecified atom stereocenters. The molecule has 0 spiro atoms. The number of thiazole rings is 1. The molecule has 1 fully saturated rings. The van der Waals surface area contributed by atoms with Crippen molar-refractivity contribution in [1.82, 2.24) is 19.9 Å². The van der Waals surface area contributed by atoms with Crippen LogP contribution in [-0.4, -0.2) is 44.7 Å². The molecule has 1 atom stereocenters. The second kappa shape index (κ2) is 7.66. The summed E-state index contributed by atoms with van der Waals surface area (Å²) in [5.41, 5.74) is 2.00. The molecule has 1 aliphatic heterocycles. The Balaban J connectivity index is 1.74. The van der Waals surface area contributed by atoms with Gasteiger partial charge in [-0.25, -0.2) is 15.0 Å². The van der Waals surface area contributed by atoms with Gasteiger partial charge in [0.05, 0.1) is 11.4 Å². The van der Waals surface area contributed by atoms with E-state index in [1.165, 1.54) is 4.88 Å². The fourth-order valence-electron chi connectivity index (χ4n) is 2.97. The van der Waals surface area contributed by atoms with Crippen LogP contribution in [0.15, 0.2) is 6.07 Å². The largest absolute Gasteiger partial charge is 0.342 e. The number of carbonyl (C=O) groups is 1. The minimum absolute atomic E-state index is 0.121. The lowest BCUT2D eigenvalue weighted by Gasteiger charge is -2.16. The van der Waals surface area contributed by atoms with E-state index in [1.807, 2.05) is 24.8 Å². The highest BCUT2D eigenvalue weighted by atomic mass is 35.5. The van der Waals surface area contributed by atoms with Crippen molar-refractivity contribution in [2.45, 2.75) is 39.5 Å². The fourth-order valence-corrected chi connectivity index (χ4v) is 3.95. The van der Waals surface area contributed by atoms with Gasteiger partial charge in [0.1, 0.15) is 11.6 Å². The summed E-state index contributed by atoms with van der Waals surface area (Å²) < 4.78 is 0. The maximum absolute atomic E-state index is 12.0. The van der Waals surface area contributed by atoms with E-state index in [-0.39, 0.29) is 11.8 Å². The quantitative estimate of drug-likeness (QED) is 0.804. The van der Waals surface area contributed by atoms with Crippen LogP contribution in [0, 0.1) is 20.8 Å². The molecule has 134 valence electrons. The number of aryl methyl sites for hydroxylation is 3. The van der Waals surface area contributed by atoms with Crippen LogP contribution >= 0.6 is 22.9 Å².